The summed E-state index contributed by atoms with van der Waals surface area (Å²) in [5, 5.41) is 1.57. The number of carbonyl (C=O) groups is 2. The molecule has 152 valence electrons. The van der Waals surface area contributed by atoms with Gasteiger partial charge in [0.15, 0.2) is 0 Å². The van der Waals surface area contributed by atoms with Gasteiger partial charge in [-0.05, 0) is 55.5 Å². The first-order valence-electron chi connectivity index (χ1n) is 9.08. The van der Waals surface area contributed by atoms with Crippen LogP contribution < -0.4 is 10.1 Å². The van der Waals surface area contributed by atoms with Crippen LogP contribution in [0, 0.1) is 6.92 Å². The van der Waals surface area contributed by atoms with Gasteiger partial charge in [0.25, 0.3) is 5.24 Å². The number of carbonyl (C=O) groups excluding carboxylic acids is 2. The fourth-order valence-corrected chi connectivity index (χ4v) is 4.78. The molecule has 0 spiro atoms. The molecule has 5 nitrogen and oxygen atoms in total. The van der Waals surface area contributed by atoms with Crippen LogP contribution in [0.4, 0.5) is 18.0 Å². The van der Waals surface area contributed by atoms with Gasteiger partial charge in [-0.2, -0.15) is 13.2 Å². The van der Waals surface area contributed by atoms with Crippen molar-refractivity contribution in [3.8, 4) is 11.6 Å². The van der Waals surface area contributed by atoms with E-state index in [1.807, 2.05) is 12.1 Å². The van der Waals surface area contributed by atoms with Crippen LogP contribution in [0.3, 0.4) is 0 Å². The van der Waals surface area contributed by atoms with E-state index in [0.29, 0.717) is 5.75 Å². The van der Waals surface area contributed by atoms with E-state index in [-0.39, 0.29) is 28.5 Å². The molecule has 1 aliphatic heterocycles. The molecule has 1 unspecified atom stereocenters. The number of benzene rings is 1. The molecule has 1 aromatic heterocycles. The van der Waals surface area contributed by atoms with Crippen LogP contribution in [0.1, 0.15) is 41.0 Å². The maximum atomic E-state index is 12.8. The number of halogens is 3. The second kappa shape index (κ2) is 7.37. The van der Waals surface area contributed by atoms with Crippen molar-refractivity contribution in [1.82, 2.24) is 10.3 Å². The highest BCUT2D eigenvalue weighted by atomic mass is 32.2. The van der Waals surface area contributed by atoms with Crippen LogP contribution in [0.5, 0.6) is 11.6 Å². The number of aryl methyl sites for hydroxylation is 2. The Hall–Kier alpha value is -2.55. The van der Waals surface area contributed by atoms with Crippen molar-refractivity contribution in [3.05, 3.63) is 52.7 Å². The number of imide groups is 1. The predicted octanol–water partition coefficient (Wildman–Crippen LogP) is 4.97. The van der Waals surface area contributed by atoms with Gasteiger partial charge in [-0.25, -0.2) is 4.98 Å². The number of alkyl halides is 3. The predicted molar refractivity (Wildman–Crippen MR) is 101 cm³/mol. The number of thioether (sulfide) groups is 1. The van der Waals surface area contributed by atoms with Gasteiger partial charge in [0.1, 0.15) is 11.0 Å². The smallest absolute Gasteiger partial charge is 0.417 e. The Morgan fingerprint density at radius 3 is 2.69 bits per heavy atom. The van der Waals surface area contributed by atoms with E-state index >= 15 is 0 Å². The summed E-state index contributed by atoms with van der Waals surface area (Å²) < 4.78 is 44.1. The third kappa shape index (κ3) is 3.96. The van der Waals surface area contributed by atoms with Crippen LogP contribution in [-0.4, -0.2) is 21.4 Å². The molecule has 1 N–H and O–H groups in total. The highest BCUT2D eigenvalue weighted by Crippen LogP contribution is 2.42. The van der Waals surface area contributed by atoms with Crippen LogP contribution in [0.2, 0.25) is 0 Å². The lowest BCUT2D eigenvalue weighted by molar-refractivity contribution is -0.137. The van der Waals surface area contributed by atoms with E-state index in [1.165, 1.54) is 6.92 Å². The Morgan fingerprint density at radius 1 is 1.24 bits per heavy atom. The first-order chi connectivity index (χ1) is 13.7. The maximum absolute atomic E-state index is 12.8. The number of ether oxygens (including phenoxy) is 1. The van der Waals surface area contributed by atoms with E-state index < -0.39 is 17.0 Å². The molecule has 1 saturated heterocycles. The van der Waals surface area contributed by atoms with Crippen LogP contribution in [0.25, 0.3) is 0 Å². The first kappa shape index (κ1) is 19.8. The van der Waals surface area contributed by atoms with Gasteiger partial charge >= 0.3 is 6.18 Å². The van der Waals surface area contributed by atoms with E-state index in [9.17, 15) is 22.8 Å². The van der Waals surface area contributed by atoms with E-state index in [0.717, 1.165) is 54.4 Å². The molecule has 2 amide bonds. The summed E-state index contributed by atoms with van der Waals surface area (Å²) in [7, 11) is 0. The Kier molecular flexibility index (Phi) is 5.02. The summed E-state index contributed by atoms with van der Waals surface area (Å²) in [6, 6.07) is 6.42. The van der Waals surface area contributed by atoms with Crippen molar-refractivity contribution in [2.24, 2.45) is 0 Å². The largest absolute Gasteiger partial charge is 0.439 e. The minimum atomic E-state index is -4.46. The zero-order valence-corrected chi connectivity index (χ0v) is 16.2. The summed E-state index contributed by atoms with van der Waals surface area (Å²) in [6.07, 6.45) is -1.22. The molecular formula is C20H17F3N2O3S. The SMILES string of the molecule is Cc1cc(C(F)(F)F)cnc1Oc1ccc2c(c1)CCC[C@@H]2C1SC(=O)NC1=O. The normalized spacial score (nSPS) is 21.7. The molecule has 0 radical (unpaired) electrons. The number of pyridine rings is 1. The van der Waals surface area contributed by atoms with Crippen molar-refractivity contribution >= 4 is 22.9 Å². The van der Waals surface area contributed by atoms with Gasteiger partial charge in [-0.1, -0.05) is 17.8 Å². The second-order valence-electron chi connectivity index (χ2n) is 7.12. The van der Waals surface area contributed by atoms with Crippen molar-refractivity contribution in [2.45, 2.75) is 43.5 Å². The lowest BCUT2D eigenvalue weighted by atomic mass is 9.80. The second-order valence-corrected chi connectivity index (χ2v) is 8.23. The van der Waals surface area contributed by atoms with Crippen LogP contribution >= 0.6 is 11.8 Å². The van der Waals surface area contributed by atoms with E-state index in [4.69, 9.17) is 4.74 Å². The van der Waals surface area contributed by atoms with Crippen LogP contribution in [0.15, 0.2) is 30.5 Å². The quantitative estimate of drug-likeness (QED) is 0.756. The van der Waals surface area contributed by atoms with E-state index in [1.54, 1.807) is 6.07 Å². The first-order valence-corrected chi connectivity index (χ1v) is 9.96. The molecule has 0 bridgehead atoms. The Labute approximate surface area is 169 Å². The molecule has 2 atom stereocenters. The zero-order chi connectivity index (χ0) is 20.8. The minimum Gasteiger partial charge on any atom is -0.439 e. The molecule has 0 saturated carbocycles. The van der Waals surface area contributed by atoms with E-state index in [2.05, 4.69) is 10.3 Å². The average molecular weight is 422 g/mol. The third-order valence-corrected chi connectivity index (χ3v) is 6.24. The molecule has 4 rings (SSSR count). The summed E-state index contributed by atoms with van der Waals surface area (Å²) in [6.45, 7) is 1.51. The minimum absolute atomic E-state index is 0.0600. The Bertz CT molecular complexity index is 993. The number of hydrogen-bond acceptors (Lipinski definition) is 5. The van der Waals surface area contributed by atoms with Gasteiger partial charge in [0, 0.05) is 17.7 Å². The summed E-state index contributed by atoms with van der Waals surface area (Å²) in [4.78, 5) is 27.4. The standard InChI is InChI=1S/C20H17F3N2O3S/c1-10-7-12(20(21,22)23)9-24-18(10)28-13-5-6-14-11(8-13)3-2-4-15(14)16-17(26)25-19(27)29-16/h5-9,15-16H,2-4H2,1H3,(H,25,26,27)/t15-,16?/m0/s1. The molecule has 1 aromatic carbocycles. The Balaban J connectivity index is 1.57. The maximum Gasteiger partial charge on any atom is 0.417 e. The Morgan fingerprint density at radius 2 is 2.03 bits per heavy atom. The third-order valence-electron chi connectivity index (χ3n) is 5.13. The molecule has 2 heterocycles. The van der Waals surface area contributed by atoms with Gasteiger partial charge in [0.2, 0.25) is 11.8 Å². The number of fused-ring (bicyclic) bond motifs is 1. The highest BCUT2D eigenvalue weighted by Gasteiger charge is 2.40. The summed E-state index contributed by atoms with van der Waals surface area (Å²) >= 11 is 1.02. The lowest BCUT2D eigenvalue weighted by Gasteiger charge is -2.28. The van der Waals surface area contributed by atoms with Crippen molar-refractivity contribution < 1.29 is 27.5 Å². The number of aromatic nitrogens is 1. The van der Waals surface area contributed by atoms with Crippen LogP contribution in [-0.2, 0) is 17.4 Å². The highest BCUT2D eigenvalue weighted by molar-refractivity contribution is 8.15. The molecule has 2 aromatic rings. The topological polar surface area (TPSA) is 68.3 Å². The zero-order valence-electron chi connectivity index (χ0n) is 15.4. The summed E-state index contributed by atoms with van der Waals surface area (Å²) in [5.74, 6) is 0.263. The van der Waals surface area contributed by atoms with Gasteiger partial charge in [-0.3, -0.25) is 14.9 Å². The monoisotopic (exact) mass is 422 g/mol. The molecule has 2 aliphatic rings. The molecule has 9 heteroatoms. The van der Waals surface area contributed by atoms with Gasteiger partial charge in [-0.15, -0.1) is 0 Å². The van der Waals surface area contributed by atoms with Gasteiger partial charge < -0.3 is 4.74 Å². The molecule has 29 heavy (non-hydrogen) atoms. The fourth-order valence-electron chi connectivity index (χ4n) is 3.78. The van der Waals surface area contributed by atoms with Gasteiger partial charge in [0.05, 0.1) is 5.56 Å². The number of amides is 2. The average Bonchev–Trinajstić information content (AvgIpc) is 3.00. The lowest BCUT2D eigenvalue weighted by Crippen LogP contribution is -2.30. The number of rotatable bonds is 3. The molecular weight excluding hydrogens is 405 g/mol. The number of nitrogens with zero attached hydrogens (tertiary/aromatic N) is 1. The number of hydrogen-bond donors (Lipinski definition) is 1. The number of nitrogens with one attached hydrogen (secondary N) is 1. The van der Waals surface area contributed by atoms with Crippen molar-refractivity contribution in [3.63, 3.8) is 0 Å². The molecule has 1 aliphatic carbocycles. The fraction of sp³-hybridized carbons (Fsp3) is 0.350. The summed E-state index contributed by atoms with van der Waals surface area (Å²) in [5.41, 5.74) is 1.48. The van der Waals surface area contributed by atoms with Crippen molar-refractivity contribution in [1.29, 1.82) is 0 Å². The van der Waals surface area contributed by atoms with Crippen molar-refractivity contribution in [2.75, 3.05) is 0 Å². The molecule has 1 fully saturated rings.